The normalized spacial score (nSPS) is 10.2. The van der Waals surface area contributed by atoms with E-state index in [-0.39, 0.29) is 17.9 Å². The fourth-order valence-corrected chi connectivity index (χ4v) is 1.66. The van der Waals surface area contributed by atoms with E-state index < -0.39 is 11.7 Å². The highest BCUT2D eigenvalue weighted by Gasteiger charge is 2.09. The molecule has 0 saturated carbocycles. The zero-order valence-corrected chi connectivity index (χ0v) is 9.99. The van der Waals surface area contributed by atoms with Gasteiger partial charge in [-0.25, -0.2) is 8.78 Å². The van der Waals surface area contributed by atoms with Crippen LogP contribution in [0.3, 0.4) is 0 Å². The van der Waals surface area contributed by atoms with E-state index in [0.717, 1.165) is 6.07 Å². The molecular weight excluding hydrogens is 250 g/mol. The lowest BCUT2D eigenvalue weighted by Crippen LogP contribution is -2.13. The molecule has 2 aromatic rings. The molecule has 0 aliphatic rings. The van der Waals surface area contributed by atoms with Crippen molar-refractivity contribution in [3.63, 3.8) is 0 Å². The van der Waals surface area contributed by atoms with Crippen LogP contribution in [0.25, 0.3) is 0 Å². The Balaban J connectivity index is 2.14. The van der Waals surface area contributed by atoms with Crippen molar-refractivity contribution in [2.24, 2.45) is 5.73 Å². The number of amides is 1. The quantitative estimate of drug-likeness (QED) is 0.890. The Morgan fingerprint density at radius 3 is 2.53 bits per heavy atom. The molecule has 2 rings (SSSR count). The summed E-state index contributed by atoms with van der Waals surface area (Å²) in [7, 11) is 0. The smallest absolute Gasteiger partial charge is 0.251 e. The average molecular weight is 262 g/mol. The number of anilines is 1. The zero-order valence-electron chi connectivity index (χ0n) is 9.99. The van der Waals surface area contributed by atoms with Gasteiger partial charge in [0.25, 0.3) is 5.91 Å². The number of hydrogen-bond donors (Lipinski definition) is 2. The van der Waals surface area contributed by atoms with Crippen molar-refractivity contribution in [1.82, 2.24) is 0 Å². The van der Waals surface area contributed by atoms with Gasteiger partial charge < -0.3 is 11.1 Å². The largest absolute Gasteiger partial charge is 0.381 e. The minimum absolute atomic E-state index is 0.196. The Labute approximate surface area is 109 Å². The van der Waals surface area contributed by atoms with Crippen LogP contribution in [0.4, 0.5) is 14.5 Å². The third-order valence-electron chi connectivity index (χ3n) is 2.67. The molecule has 0 heterocycles. The van der Waals surface area contributed by atoms with E-state index in [4.69, 9.17) is 5.73 Å². The number of nitrogens with two attached hydrogens (primary N) is 1. The van der Waals surface area contributed by atoms with E-state index in [9.17, 15) is 13.6 Å². The van der Waals surface area contributed by atoms with Crippen molar-refractivity contribution < 1.29 is 13.6 Å². The molecule has 3 N–H and O–H groups in total. The van der Waals surface area contributed by atoms with Crippen LogP contribution in [0, 0.1) is 11.6 Å². The van der Waals surface area contributed by atoms with Crippen LogP contribution in [0.15, 0.2) is 42.5 Å². The highest BCUT2D eigenvalue weighted by atomic mass is 19.1. The van der Waals surface area contributed by atoms with Gasteiger partial charge in [-0.1, -0.05) is 18.2 Å². The molecule has 0 bridgehead atoms. The Kier molecular flexibility index (Phi) is 3.75. The van der Waals surface area contributed by atoms with Gasteiger partial charge in [-0.2, -0.15) is 0 Å². The number of rotatable bonds is 4. The summed E-state index contributed by atoms with van der Waals surface area (Å²) in [6.45, 7) is 0.233. The molecule has 5 heteroatoms. The summed E-state index contributed by atoms with van der Waals surface area (Å²) in [6.07, 6.45) is 0. The third-order valence-corrected chi connectivity index (χ3v) is 2.67. The second kappa shape index (κ2) is 5.48. The van der Waals surface area contributed by atoms with Crippen LogP contribution in [-0.4, -0.2) is 5.91 Å². The van der Waals surface area contributed by atoms with E-state index >= 15 is 0 Å². The third kappa shape index (κ3) is 3.07. The SMILES string of the molecule is NC(=O)c1cc(NCc2ccccc2F)ccc1F. The minimum Gasteiger partial charge on any atom is -0.381 e. The summed E-state index contributed by atoms with van der Waals surface area (Å²) in [5.41, 5.74) is 5.83. The monoisotopic (exact) mass is 262 g/mol. The van der Waals surface area contributed by atoms with Crippen molar-refractivity contribution in [3.05, 3.63) is 65.2 Å². The van der Waals surface area contributed by atoms with Crippen LogP contribution in [0.2, 0.25) is 0 Å². The number of primary amides is 1. The molecule has 0 radical (unpaired) electrons. The standard InChI is InChI=1S/C14H12F2N2O/c15-12-4-2-1-3-9(12)8-18-10-5-6-13(16)11(7-10)14(17)19/h1-7,18H,8H2,(H2,17,19). The molecule has 0 unspecified atom stereocenters. The molecule has 2 aromatic carbocycles. The van der Waals surface area contributed by atoms with Gasteiger partial charge in [-0.15, -0.1) is 0 Å². The summed E-state index contributed by atoms with van der Waals surface area (Å²) < 4.78 is 26.6. The van der Waals surface area contributed by atoms with Gasteiger partial charge in [0.15, 0.2) is 0 Å². The summed E-state index contributed by atoms with van der Waals surface area (Å²) in [5, 5.41) is 2.91. The van der Waals surface area contributed by atoms with Crippen molar-refractivity contribution in [3.8, 4) is 0 Å². The molecule has 0 saturated heterocycles. The molecule has 0 aliphatic heterocycles. The predicted octanol–water partition coefficient (Wildman–Crippen LogP) is 2.68. The molecule has 0 aliphatic carbocycles. The minimum atomic E-state index is -0.841. The predicted molar refractivity (Wildman–Crippen MR) is 68.6 cm³/mol. The lowest BCUT2D eigenvalue weighted by atomic mass is 10.1. The molecule has 1 amide bonds. The molecule has 0 aromatic heterocycles. The Morgan fingerprint density at radius 2 is 1.84 bits per heavy atom. The summed E-state index contributed by atoms with van der Waals surface area (Å²) in [4.78, 5) is 11.0. The molecular formula is C14H12F2N2O. The van der Waals surface area contributed by atoms with Gasteiger partial charge in [0.2, 0.25) is 0 Å². The fraction of sp³-hybridized carbons (Fsp3) is 0.0714. The molecule has 98 valence electrons. The Morgan fingerprint density at radius 1 is 1.11 bits per heavy atom. The summed E-state index contributed by atoms with van der Waals surface area (Å²) in [6, 6.07) is 10.2. The molecule has 0 spiro atoms. The van der Waals surface area contributed by atoms with E-state index in [1.807, 2.05) is 0 Å². The van der Waals surface area contributed by atoms with Crippen molar-refractivity contribution in [1.29, 1.82) is 0 Å². The summed E-state index contributed by atoms with van der Waals surface area (Å²) in [5.74, 6) is -1.84. The number of nitrogens with one attached hydrogen (secondary N) is 1. The van der Waals surface area contributed by atoms with E-state index in [1.165, 1.54) is 18.2 Å². The molecule has 0 atom stereocenters. The maximum atomic E-state index is 13.4. The van der Waals surface area contributed by atoms with E-state index in [2.05, 4.69) is 5.32 Å². The van der Waals surface area contributed by atoms with Gasteiger partial charge in [-0.05, 0) is 24.3 Å². The topological polar surface area (TPSA) is 55.1 Å². The number of carbonyl (C=O) groups is 1. The second-order valence-corrected chi connectivity index (χ2v) is 4.00. The van der Waals surface area contributed by atoms with Crippen molar-refractivity contribution in [2.75, 3.05) is 5.32 Å². The second-order valence-electron chi connectivity index (χ2n) is 4.00. The van der Waals surface area contributed by atoms with Crippen LogP contribution in [0.5, 0.6) is 0 Å². The highest BCUT2D eigenvalue weighted by Crippen LogP contribution is 2.16. The van der Waals surface area contributed by atoms with Crippen LogP contribution in [-0.2, 0) is 6.54 Å². The van der Waals surface area contributed by atoms with Gasteiger partial charge in [0, 0.05) is 17.8 Å². The maximum absolute atomic E-state index is 13.4. The van der Waals surface area contributed by atoms with Gasteiger partial charge in [-0.3, -0.25) is 4.79 Å². The first-order valence-electron chi connectivity index (χ1n) is 5.64. The van der Waals surface area contributed by atoms with Crippen molar-refractivity contribution >= 4 is 11.6 Å². The molecule has 0 fully saturated rings. The van der Waals surface area contributed by atoms with Crippen LogP contribution >= 0.6 is 0 Å². The van der Waals surface area contributed by atoms with E-state index in [1.54, 1.807) is 18.2 Å². The zero-order chi connectivity index (χ0) is 13.8. The van der Waals surface area contributed by atoms with Crippen LogP contribution in [0.1, 0.15) is 15.9 Å². The number of hydrogen-bond acceptors (Lipinski definition) is 2. The first-order valence-corrected chi connectivity index (χ1v) is 5.64. The molecule has 3 nitrogen and oxygen atoms in total. The number of carbonyl (C=O) groups excluding carboxylic acids is 1. The lowest BCUT2D eigenvalue weighted by Gasteiger charge is -2.08. The van der Waals surface area contributed by atoms with Gasteiger partial charge in [0.1, 0.15) is 11.6 Å². The lowest BCUT2D eigenvalue weighted by molar-refractivity contribution is 0.0996. The van der Waals surface area contributed by atoms with Crippen molar-refractivity contribution in [2.45, 2.75) is 6.54 Å². The van der Waals surface area contributed by atoms with Crippen LogP contribution < -0.4 is 11.1 Å². The maximum Gasteiger partial charge on any atom is 0.251 e. The summed E-state index contributed by atoms with van der Waals surface area (Å²) >= 11 is 0. The first kappa shape index (κ1) is 13.0. The average Bonchev–Trinajstić information content (AvgIpc) is 2.39. The first-order chi connectivity index (χ1) is 9.08. The fourth-order valence-electron chi connectivity index (χ4n) is 1.66. The molecule has 19 heavy (non-hydrogen) atoms. The number of halogens is 2. The van der Waals surface area contributed by atoms with E-state index in [0.29, 0.717) is 11.3 Å². The van der Waals surface area contributed by atoms with Gasteiger partial charge >= 0.3 is 0 Å². The van der Waals surface area contributed by atoms with Gasteiger partial charge in [0.05, 0.1) is 5.56 Å². The Bertz CT molecular complexity index is 614. The number of benzene rings is 2. The highest BCUT2D eigenvalue weighted by molar-refractivity contribution is 5.94. The Hall–Kier alpha value is -2.43.